The highest BCUT2D eigenvalue weighted by molar-refractivity contribution is 9.10. The van der Waals surface area contributed by atoms with Gasteiger partial charge in [-0.3, -0.25) is 4.79 Å². The summed E-state index contributed by atoms with van der Waals surface area (Å²) in [6.45, 7) is 3.32. The minimum Gasteiger partial charge on any atom is -0.394 e. The predicted molar refractivity (Wildman–Crippen MR) is 71.6 cm³/mol. The van der Waals surface area contributed by atoms with Gasteiger partial charge in [0.2, 0.25) is 0 Å². The van der Waals surface area contributed by atoms with Crippen LogP contribution in [0.5, 0.6) is 0 Å². The van der Waals surface area contributed by atoms with Crippen molar-refractivity contribution in [3.8, 4) is 0 Å². The number of hydrogen-bond acceptors (Lipinski definition) is 3. The van der Waals surface area contributed by atoms with Crippen LogP contribution in [0.25, 0.3) is 0 Å². The van der Waals surface area contributed by atoms with E-state index in [1.165, 1.54) is 0 Å². The summed E-state index contributed by atoms with van der Waals surface area (Å²) in [4.78, 5) is 14.1. The zero-order chi connectivity index (χ0) is 13.1. The summed E-state index contributed by atoms with van der Waals surface area (Å²) >= 11 is 3.39. The number of morpholine rings is 1. The molecule has 0 aromatic heterocycles. The number of carbonyl (C=O) groups is 1. The summed E-state index contributed by atoms with van der Waals surface area (Å²) in [6, 6.07) is 5.38. The molecule has 0 radical (unpaired) electrons. The van der Waals surface area contributed by atoms with Crippen LogP contribution >= 0.6 is 15.9 Å². The van der Waals surface area contributed by atoms with Gasteiger partial charge in [-0.15, -0.1) is 0 Å². The van der Waals surface area contributed by atoms with Crippen molar-refractivity contribution in [3.63, 3.8) is 0 Å². The molecule has 0 spiro atoms. The maximum Gasteiger partial charge on any atom is 0.254 e. The number of aryl methyl sites for hydroxylation is 1. The van der Waals surface area contributed by atoms with Crippen molar-refractivity contribution in [3.05, 3.63) is 33.8 Å². The van der Waals surface area contributed by atoms with E-state index in [1.54, 1.807) is 11.0 Å². The van der Waals surface area contributed by atoms with E-state index in [2.05, 4.69) is 15.9 Å². The third-order valence-corrected chi connectivity index (χ3v) is 3.45. The lowest BCUT2D eigenvalue weighted by atomic mass is 10.1. The second kappa shape index (κ2) is 5.82. The lowest BCUT2D eigenvalue weighted by Gasteiger charge is -2.34. The molecule has 1 amide bonds. The van der Waals surface area contributed by atoms with Crippen LogP contribution in [0.2, 0.25) is 0 Å². The molecule has 1 aliphatic heterocycles. The number of amides is 1. The van der Waals surface area contributed by atoms with Crippen LogP contribution in [0.15, 0.2) is 22.7 Å². The molecule has 1 unspecified atom stereocenters. The molecule has 1 atom stereocenters. The quantitative estimate of drug-likeness (QED) is 0.902. The lowest BCUT2D eigenvalue weighted by Crippen LogP contribution is -2.50. The Kier molecular flexibility index (Phi) is 4.37. The van der Waals surface area contributed by atoms with Crippen LogP contribution in [0.4, 0.5) is 0 Å². The Bertz CT molecular complexity index is 430. The molecular formula is C13H16BrNO3. The fourth-order valence-electron chi connectivity index (χ4n) is 2.10. The van der Waals surface area contributed by atoms with Gasteiger partial charge < -0.3 is 14.7 Å². The van der Waals surface area contributed by atoms with Crippen molar-refractivity contribution >= 4 is 21.8 Å². The Morgan fingerprint density at radius 2 is 2.33 bits per heavy atom. The summed E-state index contributed by atoms with van der Waals surface area (Å²) in [5, 5.41) is 9.28. The first-order valence-corrected chi connectivity index (χ1v) is 6.68. The topological polar surface area (TPSA) is 49.8 Å². The molecule has 2 rings (SSSR count). The summed E-state index contributed by atoms with van der Waals surface area (Å²) in [5.41, 5.74) is 1.67. The normalized spacial score (nSPS) is 19.9. The van der Waals surface area contributed by atoms with Crippen LogP contribution in [0.3, 0.4) is 0 Å². The number of halogens is 1. The van der Waals surface area contributed by atoms with Gasteiger partial charge in [0, 0.05) is 16.6 Å². The smallest absolute Gasteiger partial charge is 0.254 e. The number of hydrogen-bond donors (Lipinski definition) is 1. The van der Waals surface area contributed by atoms with Crippen molar-refractivity contribution in [1.82, 2.24) is 4.90 Å². The maximum atomic E-state index is 12.4. The van der Waals surface area contributed by atoms with Gasteiger partial charge in [-0.1, -0.05) is 15.9 Å². The number of carbonyl (C=O) groups excluding carboxylic acids is 1. The lowest BCUT2D eigenvalue weighted by molar-refractivity contribution is -0.0184. The molecule has 1 fully saturated rings. The fourth-order valence-corrected chi connectivity index (χ4v) is 2.71. The van der Waals surface area contributed by atoms with Gasteiger partial charge in [-0.05, 0) is 30.7 Å². The van der Waals surface area contributed by atoms with E-state index in [0.717, 1.165) is 10.0 Å². The molecule has 0 saturated carbocycles. The highest BCUT2D eigenvalue weighted by Gasteiger charge is 2.27. The molecule has 1 aliphatic rings. The monoisotopic (exact) mass is 313 g/mol. The largest absolute Gasteiger partial charge is 0.394 e. The van der Waals surface area contributed by atoms with Crippen LogP contribution in [0.1, 0.15) is 15.9 Å². The minimum atomic E-state index is -0.245. The maximum absolute atomic E-state index is 12.4. The number of aliphatic hydroxyl groups excluding tert-OH is 1. The molecule has 1 heterocycles. The van der Waals surface area contributed by atoms with E-state index >= 15 is 0 Å². The van der Waals surface area contributed by atoms with E-state index in [1.807, 2.05) is 19.1 Å². The van der Waals surface area contributed by atoms with E-state index in [9.17, 15) is 9.90 Å². The second-order valence-electron chi connectivity index (χ2n) is 4.43. The molecule has 18 heavy (non-hydrogen) atoms. The predicted octanol–water partition coefficient (Wildman–Crippen LogP) is 1.59. The van der Waals surface area contributed by atoms with Crippen molar-refractivity contribution in [1.29, 1.82) is 0 Å². The van der Waals surface area contributed by atoms with Gasteiger partial charge in [0.15, 0.2) is 0 Å². The van der Waals surface area contributed by atoms with Crippen LogP contribution in [-0.4, -0.2) is 48.3 Å². The van der Waals surface area contributed by atoms with Gasteiger partial charge in [0.1, 0.15) is 0 Å². The van der Waals surface area contributed by atoms with Crippen LogP contribution in [0, 0.1) is 6.92 Å². The van der Waals surface area contributed by atoms with E-state index in [4.69, 9.17) is 4.74 Å². The Morgan fingerprint density at radius 3 is 3.00 bits per heavy atom. The molecule has 1 aromatic carbocycles. The van der Waals surface area contributed by atoms with E-state index in [-0.39, 0.29) is 18.6 Å². The van der Waals surface area contributed by atoms with E-state index < -0.39 is 0 Å². The third kappa shape index (κ3) is 2.91. The van der Waals surface area contributed by atoms with E-state index in [0.29, 0.717) is 25.3 Å². The Morgan fingerprint density at radius 1 is 1.56 bits per heavy atom. The average Bonchev–Trinajstić information content (AvgIpc) is 2.36. The number of nitrogens with zero attached hydrogens (tertiary/aromatic N) is 1. The fraction of sp³-hybridized carbons (Fsp3) is 0.462. The summed E-state index contributed by atoms with van der Waals surface area (Å²) in [5.74, 6) is -0.0539. The Labute approximate surface area is 115 Å². The molecule has 4 nitrogen and oxygen atoms in total. The molecule has 0 bridgehead atoms. The molecule has 1 N–H and O–H groups in total. The number of aliphatic hydroxyl groups is 1. The number of rotatable bonds is 2. The first-order chi connectivity index (χ1) is 8.61. The molecule has 0 aliphatic carbocycles. The molecule has 98 valence electrons. The first-order valence-electron chi connectivity index (χ1n) is 5.88. The molecule has 5 heteroatoms. The Hall–Kier alpha value is -0.910. The van der Waals surface area contributed by atoms with Crippen molar-refractivity contribution < 1.29 is 14.6 Å². The SMILES string of the molecule is Cc1cc(Br)cc(C(=O)N2CCOCC2CO)c1. The summed E-state index contributed by atoms with van der Waals surface area (Å²) in [6.07, 6.45) is 0. The zero-order valence-electron chi connectivity index (χ0n) is 10.2. The van der Waals surface area contributed by atoms with Gasteiger partial charge in [-0.2, -0.15) is 0 Å². The van der Waals surface area contributed by atoms with Gasteiger partial charge in [-0.25, -0.2) is 0 Å². The van der Waals surface area contributed by atoms with Crippen molar-refractivity contribution in [2.75, 3.05) is 26.4 Å². The minimum absolute atomic E-state index is 0.0539. The van der Waals surface area contributed by atoms with Gasteiger partial charge in [0.05, 0.1) is 25.9 Å². The zero-order valence-corrected chi connectivity index (χ0v) is 11.8. The molecular weight excluding hydrogens is 298 g/mol. The van der Waals surface area contributed by atoms with Gasteiger partial charge >= 0.3 is 0 Å². The average molecular weight is 314 g/mol. The number of benzene rings is 1. The van der Waals surface area contributed by atoms with Crippen molar-refractivity contribution in [2.45, 2.75) is 13.0 Å². The second-order valence-corrected chi connectivity index (χ2v) is 5.34. The highest BCUT2D eigenvalue weighted by Crippen LogP contribution is 2.18. The molecule has 1 saturated heterocycles. The van der Waals surface area contributed by atoms with Gasteiger partial charge in [0.25, 0.3) is 5.91 Å². The summed E-state index contributed by atoms with van der Waals surface area (Å²) < 4.78 is 6.16. The van der Waals surface area contributed by atoms with Crippen molar-refractivity contribution in [2.24, 2.45) is 0 Å². The van der Waals surface area contributed by atoms with Crippen LogP contribution < -0.4 is 0 Å². The third-order valence-electron chi connectivity index (χ3n) is 2.99. The Balaban J connectivity index is 2.23. The standard InChI is InChI=1S/C13H16BrNO3/c1-9-4-10(6-11(14)5-9)13(17)15-2-3-18-8-12(15)7-16/h4-6,12,16H,2-3,7-8H2,1H3. The highest BCUT2D eigenvalue weighted by atomic mass is 79.9. The summed E-state index contributed by atoms with van der Waals surface area (Å²) in [7, 11) is 0. The number of ether oxygens (including phenoxy) is 1. The van der Waals surface area contributed by atoms with Crippen LogP contribution in [-0.2, 0) is 4.74 Å². The first kappa shape index (κ1) is 13.5. The molecule has 1 aromatic rings.